The van der Waals surface area contributed by atoms with Gasteiger partial charge < -0.3 is 4.74 Å². The van der Waals surface area contributed by atoms with Crippen molar-refractivity contribution in [2.75, 3.05) is 6.54 Å². The largest absolute Gasteiger partial charge is 0.402 e. The van der Waals surface area contributed by atoms with Gasteiger partial charge in [0.05, 0.1) is 0 Å². The Hall–Kier alpha value is -1.45. The molecule has 0 radical (unpaired) electrons. The molecule has 0 saturated carbocycles. The van der Waals surface area contributed by atoms with Crippen LogP contribution in [-0.4, -0.2) is 24.2 Å². The van der Waals surface area contributed by atoms with E-state index in [0.717, 1.165) is 6.08 Å². The Morgan fingerprint density at radius 3 is 2.90 bits per heavy atom. The Morgan fingerprint density at radius 2 is 2.50 bits per heavy atom. The Kier molecular flexibility index (Phi) is 1.62. The standard InChI is InChI=1S/C6H5NO3/c1-2-4(8)6-7-3-5(9)10-6/h2H,1,3H2. The summed E-state index contributed by atoms with van der Waals surface area (Å²) in [6.45, 7) is 3.15. The molecule has 0 N–H and O–H groups in total. The van der Waals surface area contributed by atoms with Crippen molar-refractivity contribution in [2.45, 2.75) is 0 Å². The number of rotatable bonds is 2. The van der Waals surface area contributed by atoms with Gasteiger partial charge in [-0.3, -0.25) is 4.79 Å². The molecule has 0 saturated heterocycles. The molecule has 1 aliphatic rings. The van der Waals surface area contributed by atoms with Crippen LogP contribution in [-0.2, 0) is 14.3 Å². The second kappa shape index (κ2) is 2.43. The Balaban J connectivity index is 2.68. The van der Waals surface area contributed by atoms with Crippen molar-refractivity contribution in [3.8, 4) is 0 Å². The average Bonchev–Trinajstić information content (AvgIpc) is 2.34. The van der Waals surface area contributed by atoms with E-state index >= 15 is 0 Å². The Labute approximate surface area is 57.2 Å². The second-order valence-electron chi connectivity index (χ2n) is 1.66. The highest BCUT2D eigenvalue weighted by atomic mass is 16.6. The zero-order valence-corrected chi connectivity index (χ0v) is 5.16. The summed E-state index contributed by atoms with van der Waals surface area (Å²) in [5, 5.41) is 0. The van der Waals surface area contributed by atoms with Crippen molar-refractivity contribution in [2.24, 2.45) is 4.99 Å². The first-order valence-corrected chi connectivity index (χ1v) is 2.66. The van der Waals surface area contributed by atoms with Crippen LogP contribution < -0.4 is 0 Å². The molecule has 10 heavy (non-hydrogen) atoms. The third kappa shape index (κ3) is 1.10. The third-order valence-corrected chi connectivity index (χ3v) is 0.958. The summed E-state index contributed by atoms with van der Waals surface area (Å²) >= 11 is 0. The molecule has 0 aliphatic carbocycles. The van der Waals surface area contributed by atoms with Crippen LogP contribution in [0.5, 0.6) is 0 Å². The maximum atomic E-state index is 10.6. The van der Waals surface area contributed by atoms with Crippen LogP contribution in [0.4, 0.5) is 0 Å². The third-order valence-electron chi connectivity index (χ3n) is 0.958. The van der Waals surface area contributed by atoms with Gasteiger partial charge in [-0.05, 0) is 6.08 Å². The molecule has 4 nitrogen and oxygen atoms in total. The molecule has 1 aliphatic heterocycles. The predicted octanol–water partition coefficient (Wildman–Crippen LogP) is -0.303. The summed E-state index contributed by atoms with van der Waals surface area (Å²) in [6.07, 6.45) is 1.05. The fourth-order valence-electron chi connectivity index (χ4n) is 0.524. The summed E-state index contributed by atoms with van der Waals surface area (Å²) in [4.78, 5) is 24.5. The monoisotopic (exact) mass is 139 g/mol. The maximum Gasteiger partial charge on any atom is 0.334 e. The van der Waals surface area contributed by atoms with E-state index in [1.807, 2.05) is 0 Å². The van der Waals surface area contributed by atoms with Crippen molar-refractivity contribution in [1.29, 1.82) is 0 Å². The highest BCUT2D eigenvalue weighted by molar-refractivity contribution is 6.43. The number of carbonyl (C=O) groups is 2. The summed E-state index contributed by atoms with van der Waals surface area (Å²) < 4.78 is 4.40. The van der Waals surface area contributed by atoms with E-state index in [1.165, 1.54) is 0 Å². The fourth-order valence-corrected chi connectivity index (χ4v) is 0.524. The van der Waals surface area contributed by atoms with Gasteiger partial charge in [0.2, 0.25) is 5.78 Å². The molecule has 0 amide bonds. The van der Waals surface area contributed by atoms with E-state index in [0.29, 0.717) is 0 Å². The Bertz CT molecular complexity index is 229. The van der Waals surface area contributed by atoms with Gasteiger partial charge in [-0.25, -0.2) is 9.79 Å². The molecule has 0 fully saturated rings. The summed E-state index contributed by atoms with van der Waals surface area (Å²) in [5.41, 5.74) is 0. The number of hydrogen-bond donors (Lipinski definition) is 0. The van der Waals surface area contributed by atoms with Crippen LogP contribution in [0.25, 0.3) is 0 Å². The van der Waals surface area contributed by atoms with Gasteiger partial charge in [0.25, 0.3) is 5.90 Å². The summed E-state index contributed by atoms with van der Waals surface area (Å²) in [5.74, 6) is -1.10. The van der Waals surface area contributed by atoms with Gasteiger partial charge >= 0.3 is 5.97 Å². The minimum atomic E-state index is -0.495. The highest BCUT2D eigenvalue weighted by Gasteiger charge is 2.20. The first-order chi connectivity index (χ1) is 4.74. The molecule has 0 aromatic carbocycles. The predicted molar refractivity (Wildman–Crippen MR) is 33.6 cm³/mol. The van der Waals surface area contributed by atoms with Crippen molar-refractivity contribution in [1.82, 2.24) is 0 Å². The zero-order chi connectivity index (χ0) is 7.56. The minimum absolute atomic E-state index is 0.0606. The first kappa shape index (κ1) is 6.67. The molecule has 0 aromatic heterocycles. The molecule has 0 spiro atoms. The lowest BCUT2D eigenvalue weighted by Crippen LogP contribution is -2.12. The van der Waals surface area contributed by atoms with Gasteiger partial charge in [0, 0.05) is 0 Å². The molecule has 0 atom stereocenters. The van der Waals surface area contributed by atoms with E-state index < -0.39 is 11.8 Å². The number of cyclic esters (lactones) is 1. The normalized spacial score (nSPS) is 16.0. The molecule has 52 valence electrons. The van der Waals surface area contributed by atoms with Crippen molar-refractivity contribution in [3.63, 3.8) is 0 Å². The van der Waals surface area contributed by atoms with E-state index in [2.05, 4.69) is 16.3 Å². The number of esters is 1. The number of nitrogens with zero attached hydrogens (tertiary/aromatic N) is 1. The molecule has 0 unspecified atom stereocenters. The van der Waals surface area contributed by atoms with E-state index in [4.69, 9.17) is 0 Å². The van der Waals surface area contributed by atoms with Gasteiger partial charge in [0.15, 0.2) is 0 Å². The molecular weight excluding hydrogens is 134 g/mol. The average molecular weight is 139 g/mol. The van der Waals surface area contributed by atoms with Gasteiger partial charge in [0.1, 0.15) is 6.54 Å². The number of carbonyl (C=O) groups excluding carboxylic acids is 2. The first-order valence-electron chi connectivity index (χ1n) is 2.66. The minimum Gasteiger partial charge on any atom is -0.402 e. The SMILES string of the molecule is C=CC(=O)C1=NCC(=O)O1. The van der Waals surface area contributed by atoms with Gasteiger partial charge in [-0.1, -0.05) is 6.58 Å². The van der Waals surface area contributed by atoms with Crippen LogP contribution >= 0.6 is 0 Å². The zero-order valence-electron chi connectivity index (χ0n) is 5.16. The van der Waals surface area contributed by atoms with Gasteiger partial charge in [-0.2, -0.15) is 0 Å². The maximum absolute atomic E-state index is 10.6. The molecule has 0 aromatic rings. The Morgan fingerprint density at radius 1 is 1.80 bits per heavy atom. The second-order valence-corrected chi connectivity index (χ2v) is 1.66. The topological polar surface area (TPSA) is 55.7 Å². The van der Waals surface area contributed by atoms with E-state index in [-0.39, 0.29) is 12.4 Å². The van der Waals surface area contributed by atoms with Crippen molar-refractivity contribution >= 4 is 17.7 Å². The van der Waals surface area contributed by atoms with Crippen LogP contribution in [0.3, 0.4) is 0 Å². The van der Waals surface area contributed by atoms with Gasteiger partial charge in [-0.15, -0.1) is 0 Å². The smallest absolute Gasteiger partial charge is 0.334 e. The van der Waals surface area contributed by atoms with Crippen LogP contribution in [0, 0.1) is 0 Å². The number of hydrogen-bond acceptors (Lipinski definition) is 4. The number of aliphatic imine (C=N–C) groups is 1. The van der Waals surface area contributed by atoms with Crippen LogP contribution in [0.1, 0.15) is 0 Å². The van der Waals surface area contributed by atoms with Crippen LogP contribution in [0.2, 0.25) is 0 Å². The van der Waals surface area contributed by atoms with Crippen molar-refractivity contribution < 1.29 is 14.3 Å². The lowest BCUT2D eigenvalue weighted by molar-refractivity contribution is -0.133. The highest BCUT2D eigenvalue weighted by Crippen LogP contribution is 1.97. The summed E-state index contributed by atoms with van der Waals surface area (Å²) in [7, 11) is 0. The van der Waals surface area contributed by atoms with E-state index in [9.17, 15) is 9.59 Å². The fraction of sp³-hybridized carbons (Fsp3) is 0.167. The van der Waals surface area contributed by atoms with E-state index in [1.54, 1.807) is 0 Å². The lowest BCUT2D eigenvalue weighted by atomic mass is 10.4. The molecule has 1 heterocycles. The molecular formula is C6H5NO3. The van der Waals surface area contributed by atoms with Crippen molar-refractivity contribution in [3.05, 3.63) is 12.7 Å². The summed E-state index contributed by atoms with van der Waals surface area (Å²) in [6, 6.07) is 0. The van der Waals surface area contributed by atoms with Crippen LogP contribution in [0.15, 0.2) is 17.6 Å². The quantitative estimate of drug-likeness (QED) is 0.389. The molecule has 4 heteroatoms. The number of ketones is 1. The molecule has 1 rings (SSSR count). The number of ether oxygens (including phenoxy) is 1. The molecule has 0 bridgehead atoms. The lowest BCUT2D eigenvalue weighted by Gasteiger charge is -1.90.